The minimum absolute atomic E-state index is 0.00289. The maximum Gasteiger partial charge on any atom is 0.147 e. The monoisotopic (exact) mass is 416 g/mol. The highest BCUT2D eigenvalue weighted by molar-refractivity contribution is 5.14. The first-order valence-corrected chi connectivity index (χ1v) is 9.43. The van der Waals surface area contributed by atoms with E-state index in [0.717, 1.165) is 5.56 Å². The van der Waals surface area contributed by atoms with Gasteiger partial charge in [0.2, 0.25) is 0 Å². The van der Waals surface area contributed by atoms with E-state index in [2.05, 4.69) is 0 Å². The number of hydrogen-bond acceptors (Lipinski definition) is 8. The Morgan fingerprint density at radius 2 is 1.28 bits per heavy atom. The molecule has 0 aliphatic carbocycles. The highest BCUT2D eigenvalue weighted by Crippen LogP contribution is 2.41. The molecule has 0 aliphatic heterocycles. The van der Waals surface area contributed by atoms with Crippen LogP contribution in [0.3, 0.4) is 0 Å². The summed E-state index contributed by atoms with van der Waals surface area (Å²) in [5.74, 6) is 0. The first kappa shape index (κ1) is 25.9. The van der Waals surface area contributed by atoms with Crippen LogP contribution in [0.1, 0.15) is 26.3 Å². The van der Waals surface area contributed by atoms with Crippen LogP contribution in [0.4, 0.5) is 0 Å². The van der Waals surface area contributed by atoms with Crippen molar-refractivity contribution in [2.24, 2.45) is 0 Å². The minimum atomic E-state index is -1.20. The Morgan fingerprint density at radius 1 is 0.759 bits per heavy atom. The number of rotatable bonds is 16. The second kappa shape index (κ2) is 12.6. The fourth-order valence-electron chi connectivity index (χ4n) is 3.01. The molecule has 29 heavy (non-hydrogen) atoms. The van der Waals surface area contributed by atoms with Crippen LogP contribution in [-0.2, 0) is 39.8 Å². The van der Waals surface area contributed by atoms with E-state index in [-0.39, 0.29) is 33.6 Å². The molecule has 0 amide bonds. The van der Waals surface area contributed by atoms with Gasteiger partial charge in [-0.2, -0.15) is 0 Å². The second-order valence-corrected chi connectivity index (χ2v) is 7.28. The molecule has 0 heterocycles. The summed E-state index contributed by atoms with van der Waals surface area (Å²) < 4.78 is 39.3. The van der Waals surface area contributed by atoms with E-state index in [0.29, 0.717) is 6.61 Å². The van der Waals surface area contributed by atoms with E-state index < -0.39 is 16.8 Å². The molecule has 0 saturated heterocycles. The Hall–Kier alpha value is -1.10. The lowest BCUT2D eigenvalue weighted by molar-refractivity contribution is -0.331. The van der Waals surface area contributed by atoms with E-state index in [1.165, 1.54) is 21.3 Å². The molecule has 0 radical (unpaired) electrons. The van der Waals surface area contributed by atoms with Gasteiger partial charge in [-0.25, -0.2) is 0 Å². The van der Waals surface area contributed by atoms with E-state index in [9.17, 15) is 5.11 Å². The molecular weight excluding hydrogens is 380 g/mol. The summed E-state index contributed by atoms with van der Waals surface area (Å²) in [5.41, 5.74) is -2.43. The molecule has 8 heteroatoms. The standard InChI is InChI=1S/C21H36O8/c1-19(13-22,27-15-23-4)21(3,29-17-25-6)20(2,28-16-24-5)14-26-12-18-10-8-7-9-11-18/h7-11,22H,12-17H2,1-6H3. The normalized spacial score (nSPS) is 18.0. The highest BCUT2D eigenvalue weighted by Gasteiger charge is 2.60. The summed E-state index contributed by atoms with van der Waals surface area (Å²) in [6.07, 6.45) is 0. The van der Waals surface area contributed by atoms with Crippen molar-refractivity contribution in [3.63, 3.8) is 0 Å². The molecule has 3 unspecified atom stereocenters. The molecule has 0 spiro atoms. The number of methoxy groups -OCH3 is 3. The van der Waals surface area contributed by atoms with Crippen molar-refractivity contribution in [1.82, 2.24) is 0 Å². The third-order valence-corrected chi connectivity index (χ3v) is 5.27. The maximum atomic E-state index is 10.2. The lowest BCUT2D eigenvalue weighted by Gasteiger charge is -2.53. The van der Waals surface area contributed by atoms with Gasteiger partial charge in [0, 0.05) is 21.3 Å². The van der Waals surface area contributed by atoms with Crippen LogP contribution in [0, 0.1) is 0 Å². The average Bonchev–Trinajstić information content (AvgIpc) is 2.74. The van der Waals surface area contributed by atoms with Crippen molar-refractivity contribution in [2.45, 2.75) is 44.2 Å². The Bertz CT molecular complexity index is 557. The zero-order chi connectivity index (χ0) is 21.8. The number of ether oxygens (including phenoxy) is 7. The maximum absolute atomic E-state index is 10.2. The van der Waals surface area contributed by atoms with Gasteiger partial charge in [0.1, 0.15) is 37.2 Å². The molecule has 168 valence electrons. The quantitative estimate of drug-likeness (QED) is 0.411. The second-order valence-electron chi connectivity index (χ2n) is 7.28. The van der Waals surface area contributed by atoms with Crippen molar-refractivity contribution >= 4 is 0 Å². The van der Waals surface area contributed by atoms with Crippen LogP contribution in [0.15, 0.2) is 30.3 Å². The number of aliphatic hydroxyl groups is 1. The zero-order valence-corrected chi connectivity index (χ0v) is 18.4. The Kier molecular flexibility index (Phi) is 11.2. The topological polar surface area (TPSA) is 84.8 Å². The fraction of sp³-hybridized carbons (Fsp3) is 0.714. The smallest absolute Gasteiger partial charge is 0.147 e. The Labute approximate surface area is 173 Å². The third-order valence-electron chi connectivity index (χ3n) is 5.27. The molecule has 1 aromatic rings. The van der Waals surface area contributed by atoms with Crippen LogP contribution in [-0.4, -0.2) is 76.8 Å². The molecule has 0 bridgehead atoms. The van der Waals surface area contributed by atoms with Gasteiger partial charge in [0.15, 0.2) is 0 Å². The van der Waals surface area contributed by atoms with E-state index in [1.807, 2.05) is 37.3 Å². The zero-order valence-electron chi connectivity index (χ0n) is 18.4. The molecule has 0 aromatic heterocycles. The van der Waals surface area contributed by atoms with Gasteiger partial charge in [0.05, 0.1) is 19.8 Å². The first-order chi connectivity index (χ1) is 13.8. The number of hydrogen-bond donors (Lipinski definition) is 1. The lowest BCUT2D eigenvalue weighted by atomic mass is 9.73. The van der Waals surface area contributed by atoms with E-state index >= 15 is 0 Å². The van der Waals surface area contributed by atoms with Gasteiger partial charge >= 0.3 is 0 Å². The predicted molar refractivity (Wildman–Crippen MR) is 107 cm³/mol. The van der Waals surface area contributed by atoms with Crippen LogP contribution in [0.5, 0.6) is 0 Å². The Morgan fingerprint density at radius 3 is 1.79 bits per heavy atom. The first-order valence-electron chi connectivity index (χ1n) is 9.43. The van der Waals surface area contributed by atoms with Crippen molar-refractivity contribution in [2.75, 3.05) is 54.9 Å². The summed E-state index contributed by atoms with van der Waals surface area (Å²) >= 11 is 0. The number of benzene rings is 1. The minimum Gasteiger partial charge on any atom is -0.393 e. The largest absolute Gasteiger partial charge is 0.393 e. The van der Waals surface area contributed by atoms with Crippen LogP contribution in [0.25, 0.3) is 0 Å². The van der Waals surface area contributed by atoms with Gasteiger partial charge in [-0.3, -0.25) is 0 Å². The Balaban J connectivity index is 3.16. The summed E-state index contributed by atoms with van der Waals surface area (Å²) in [5, 5.41) is 10.2. The average molecular weight is 417 g/mol. The molecule has 3 atom stereocenters. The highest BCUT2D eigenvalue weighted by atomic mass is 16.7. The van der Waals surface area contributed by atoms with Crippen LogP contribution >= 0.6 is 0 Å². The SMILES string of the molecule is COCOC(C)(CO)C(C)(OCOC)C(C)(COCc1ccccc1)OCOC. The molecular formula is C21H36O8. The van der Waals surface area contributed by atoms with Gasteiger partial charge in [-0.05, 0) is 26.3 Å². The third kappa shape index (κ3) is 6.70. The van der Waals surface area contributed by atoms with Crippen molar-refractivity contribution in [1.29, 1.82) is 0 Å². The van der Waals surface area contributed by atoms with Crippen LogP contribution < -0.4 is 0 Å². The molecule has 1 aromatic carbocycles. The van der Waals surface area contributed by atoms with Gasteiger partial charge in [-0.15, -0.1) is 0 Å². The number of aliphatic hydroxyl groups excluding tert-OH is 1. The molecule has 1 rings (SSSR count). The summed E-state index contributed by atoms with van der Waals surface area (Å²) in [6, 6.07) is 9.81. The molecule has 0 aliphatic rings. The fourth-order valence-corrected chi connectivity index (χ4v) is 3.01. The molecule has 0 fully saturated rings. The van der Waals surface area contributed by atoms with Crippen molar-refractivity contribution in [3.8, 4) is 0 Å². The van der Waals surface area contributed by atoms with Gasteiger partial charge < -0.3 is 38.3 Å². The summed E-state index contributed by atoms with van der Waals surface area (Å²) in [6.45, 7) is 5.48. The van der Waals surface area contributed by atoms with Crippen molar-refractivity contribution in [3.05, 3.63) is 35.9 Å². The molecule has 1 N–H and O–H groups in total. The summed E-state index contributed by atoms with van der Waals surface area (Å²) in [4.78, 5) is 0. The molecule has 8 nitrogen and oxygen atoms in total. The molecule has 0 saturated carbocycles. The van der Waals surface area contributed by atoms with Gasteiger partial charge in [0.25, 0.3) is 0 Å². The van der Waals surface area contributed by atoms with Gasteiger partial charge in [-0.1, -0.05) is 30.3 Å². The van der Waals surface area contributed by atoms with E-state index in [4.69, 9.17) is 33.2 Å². The lowest BCUT2D eigenvalue weighted by Crippen LogP contribution is -2.70. The summed E-state index contributed by atoms with van der Waals surface area (Å²) in [7, 11) is 4.56. The van der Waals surface area contributed by atoms with E-state index in [1.54, 1.807) is 13.8 Å². The predicted octanol–water partition coefficient (Wildman–Crippen LogP) is 2.33. The van der Waals surface area contributed by atoms with Crippen molar-refractivity contribution < 1.29 is 38.3 Å². The van der Waals surface area contributed by atoms with Crippen LogP contribution in [0.2, 0.25) is 0 Å².